The number of ketones is 1. The minimum atomic E-state index is -0.0483. The fourth-order valence-electron chi connectivity index (χ4n) is 2.80. The minimum absolute atomic E-state index is 0.0476. The number of nitrogens with zero attached hydrogens (tertiary/aromatic N) is 2. The number of aromatic nitrogens is 2. The molecule has 130 valence electrons. The molecule has 7 heteroatoms. The van der Waals surface area contributed by atoms with Gasteiger partial charge < -0.3 is 9.73 Å². The van der Waals surface area contributed by atoms with Gasteiger partial charge in [0.05, 0.1) is 12.2 Å². The maximum absolute atomic E-state index is 12.4. The molecule has 6 nitrogen and oxygen atoms in total. The van der Waals surface area contributed by atoms with Crippen molar-refractivity contribution in [2.24, 2.45) is 0 Å². The summed E-state index contributed by atoms with van der Waals surface area (Å²) in [5, 5.41) is 11.2. The number of carbonyl (C=O) groups excluding carboxylic acids is 2. The highest BCUT2D eigenvalue weighted by molar-refractivity contribution is 7.99. The van der Waals surface area contributed by atoms with E-state index in [2.05, 4.69) is 15.5 Å². The third-order valence-electron chi connectivity index (χ3n) is 4.16. The van der Waals surface area contributed by atoms with Crippen LogP contribution in [0.25, 0.3) is 11.5 Å². The first-order valence-corrected chi connectivity index (χ1v) is 9.07. The van der Waals surface area contributed by atoms with Gasteiger partial charge in [0, 0.05) is 16.8 Å². The van der Waals surface area contributed by atoms with E-state index in [0.717, 1.165) is 22.4 Å². The fraction of sp³-hybridized carbons (Fsp3) is 0.158. The summed E-state index contributed by atoms with van der Waals surface area (Å²) < 4.78 is 5.66. The smallest absolute Gasteiger partial charge is 0.277 e. The standard InChI is InChI=1S/C19H15N3O3S/c1-11-4-2-3-5-14(11)18-21-22-19(25-18)26-10-16(23)12-6-7-15-13(8-12)9-17(24)20-15/h2-8H,9-10H2,1H3,(H,20,24). The Morgan fingerprint density at radius 3 is 2.92 bits per heavy atom. The molecular weight excluding hydrogens is 350 g/mol. The molecule has 3 aromatic rings. The molecule has 0 saturated heterocycles. The van der Waals surface area contributed by atoms with Gasteiger partial charge in [-0.05, 0) is 42.3 Å². The molecule has 1 aromatic heterocycles. The molecule has 0 bridgehead atoms. The van der Waals surface area contributed by atoms with Crippen LogP contribution < -0.4 is 5.32 Å². The molecule has 0 aliphatic carbocycles. The number of anilines is 1. The van der Waals surface area contributed by atoms with Gasteiger partial charge in [-0.15, -0.1) is 10.2 Å². The molecule has 26 heavy (non-hydrogen) atoms. The molecule has 4 rings (SSSR count). The Labute approximate surface area is 154 Å². The average molecular weight is 365 g/mol. The lowest BCUT2D eigenvalue weighted by molar-refractivity contribution is -0.115. The van der Waals surface area contributed by atoms with Crippen LogP contribution >= 0.6 is 11.8 Å². The molecule has 0 fully saturated rings. The summed E-state index contributed by atoms with van der Waals surface area (Å²) in [6, 6.07) is 13.0. The van der Waals surface area contributed by atoms with Crippen molar-refractivity contribution in [1.29, 1.82) is 0 Å². The van der Waals surface area contributed by atoms with E-state index in [4.69, 9.17) is 4.42 Å². The number of amides is 1. The zero-order chi connectivity index (χ0) is 18.1. The van der Waals surface area contributed by atoms with Crippen LogP contribution in [-0.4, -0.2) is 27.6 Å². The van der Waals surface area contributed by atoms with Gasteiger partial charge in [-0.2, -0.15) is 0 Å². The van der Waals surface area contributed by atoms with E-state index in [-0.39, 0.29) is 17.4 Å². The number of aryl methyl sites for hydroxylation is 1. The van der Waals surface area contributed by atoms with E-state index in [0.29, 0.717) is 23.1 Å². The number of benzene rings is 2. The Kier molecular flexibility index (Phi) is 4.30. The lowest BCUT2D eigenvalue weighted by atomic mass is 10.1. The molecule has 1 N–H and O–H groups in total. The van der Waals surface area contributed by atoms with Gasteiger partial charge in [0.2, 0.25) is 11.8 Å². The van der Waals surface area contributed by atoms with Crippen LogP contribution in [0.1, 0.15) is 21.5 Å². The normalized spacial score (nSPS) is 12.7. The molecule has 0 radical (unpaired) electrons. The van der Waals surface area contributed by atoms with Gasteiger partial charge in [-0.3, -0.25) is 9.59 Å². The van der Waals surface area contributed by atoms with E-state index in [1.54, 1.807) is 18.2 Å². The first kappa shape index (κ1) is 16.5. The average Bonchev–Trinajstić information content (AvgIpc) is 3.24. The van der Waals surface area contributed by atoms with Crippen molar-refractivity contribution in [3.8, 4) is 11.5 Å². The Balaban J connectivity index is 1.43. The molecule has 2 aromatic carbocycles. The lowest BCUT2D eigenvalue weighted by Gasteiger charge is -2.02. The monoisotopic (exact) mass is 365 g/mol. The third kappa shape index (κ3) is 3.25. The van der Waals surface area contributed by atoms with Gasteiger partial charge in [-0.1, -0.05) is 30.0 Å². The summed E-state index contributed by atoms with van der Waals surface area (Å²) in [6.07, 6.45) is 0.313. The van der Waals surface area contributed by atoms with Crippen molar-refractivity contribution >= 4 is 29.1 Å². The highest BCUT2D eigenvalue weighted by Crippen LogP contribution is 2.27. The quantitative estimate of drug-likeness (QED) is 0.550. The van der Waals surface area contributed by atoms with Crippen LogP contribution in [0, 0.1) is 6.92 Å². The maximum Gasteiger partial charge on any atom is 0.277 e. The van der Waals surface area contributed by atoms with Crippen molar-refractivity contribution in [3.63, 3.8) is 0 Å². The molecule has 0 saturated carbocycles. The van der Waals surface area contributed by atoms with E-state index in [1.165, 1.54) is 11.8 Å². The minimum Gasteiger partial charge on any atom is -0.411 e. The summed E-state index contributed by atoms with van der Waals surface area (Å²) in [5.74, 6) is 0.539. The second kappa shape index (κ2) is 6.76. The fourth-order valence-corrected chi connectivity index (χ4v) is 3.46. The number of carbonyl (C=O) groups is 2. The zero-order valence-corrected chi connectivity index (χ0v) is 14.8. The van der Waals surface area contributed by atoms with Crippen molar-refractivity contribution in [2.45, 2.75) is 18.6 Å². The Hall–Kier alpha value is -2.93. The number of thioether (sulfide) groups is 1. The largest absolute Gasteiger partial charge is 0.411 e. The van der Waals surface area contributed by atoms with Crippen LogP contribution in [0.15, 0.2) is 52.1 Å². The molecule has 0 unspecified atom stereocenters. The predicted molar refractivity (Wildman–Crippen MR) is 98.3 cm³/mol. The van der Waals surface area contributed by atoms with E-state index >= 15 is 0 Å². The van der Waals surface area contributed by atoms with Crippen LogP contribution in [0.3, 0.4) is 0 Å². The first-order chi connectivity index (χ1) is 12.6. The van der Waals surface area contributed by atoms with Gasteiger partial charge in [0.1, 0.15) is 0 Å². The topological polar surface area (TPSA) is 85.1 Å². The molecule has 1 amide bonds. The van der Waals surface area contributed by atoms with Crippen LogP contribution in [0.5, 0.6) is 0 Å². The molecule has 0 spiro atoms. The van der Waals surface area contributed by atoms with Gasteiger partial charge in [-0.25, -0.2) is 0 Å². The van der Waals surface area contributed by atoms with Crippen molar-refractivity contribution in [3.05, 3.63) is 59.2 Å². The number of rotatable bonds is 5. The molecule has 1 aliphatic rings. The summed E-state index contributed by atoms with van der Waals surface area (Å²) >= 11 is 1.21. The number of hydrogen-bond donors (Lipinski definition) is 1. The van der Waals surface area contributed by atoms with Crippen LogP contribution in [0.4, 0.5) is 5.69 Å². The zero-order valence-electron chi connectivity index (χ0n) is 14.0. The van der Waals surface area contributed by atoms with Crippen molar-refractivity contribution in [2.75, 3.05) is 11.1 Å². The number of nitrogens with one attached hydrogen (secondary N) is 1. The van der Waals surface area contributed by atoms with Crippen molar-refractivity contribution in [1.82, 2.24) is 10.2 Å². The van der Waals surface area contributed by atoms with Crippen molar-refractivity contribution < 1.29 is 14.0 Å². The van der Waals surface area contributed by atoms with Gasteiger partial charge in [0.15, 0.2) is 5.78 Å². The molecular formula is C19H15N3O3S. The molecule has 2 heterocycles. The number of hydrogen-bond acceptors (Lipinski definition) is 6. The summed E-state index contributed by atoms with van der Waals surface area (Å²) in [7, 11) is 0. The van der Waals surface area contributed by atoms with Gasteiger partial charge in [0.25, 0.3) is 5.22 Å². The van der Waals surface area contributed by atoms with Gasteiger partial charge >= 0.3 is 0 Å². The molecule has 1 aliphatic heterocycles. The number of Topliss-reactive ketones (excluding diaryl/α,β-unsaturated/α-hetero) is 1. The number of fused-ring (bicyclic) bond motifs is 1. The summed E-state index contributed by atoms with van der Waals surface area (Å²) in [5.41, 5.74) is 4.13. The highest BCUT2D eigenvalue weighted by Gasteiger charge is 2.19. The SMILES string of the molecule is Cc1ccccc1-c1nnc(SCC(=O)c2ccc3c(c2)CC(=O)N3)o1. The third-order valence-corrected chi connectivity index (χ3v) is 4.98. The Morgan fingerprint density at radius 2 is 2.08 bits per heavy atom. The first-order valence-electron chi connectivity index (χ1n) is 8.08. The Morgan fingerprint density at radius 1 is 1.23 bits per heavy atom. The second-order valence-corrected chi connectivity index (χ2v) is 6.92. The maximum atomic E-state index is 12.4. The Bertz CT molecular complexity index is 1010. The van der Waals surface area contributed by atoms with E-state index in [9.17, 15) is 9.59 Å². The second-order valence-electron chi connectivity index (χ2n) is 6.00. The predicted octanol–water partition coefficient (Wildman–Crippen LogP) is 3.51. The van der Waals surface area contributed by atoms with E-state index < -0.39 is 0 Å². The highest BCUT2D eigenvalue weighted by atomic mass is 32.2. The van der Waals surface area contributed by atoms with Crippen LogP contribution in [0.2, 0.25) is 0 Å². The summed E-state index contributed by atoms with van der Waals surface area (Å²) in [4.78, 5) is 23.8. The van der Waals surface area contributed by atoms with Crippen LogP contribution in [-0.2, 0) is 11.2 Å². The van der Waals surface area contributed by atoms with E-state index in [1.807, 2.05) is 31.2 Å². The summed E-state index contributed by atoms with van der Waals surface area (Å²) in [6.45, 7) is 1.98. The lowest BCUT2D eigenvalue weighted by Crippen LogP contribution is -2.03. The molecule has 0 atom stereocenters.